The highest BCUT2D eigenvalue weighted by Gasteiger charge is 2.32. The summed E-state index contributed by atoms with van der Waals surface area (Å²) in [5.41, 5.74) is 0. The van der Waals surface area contributed by atoms with Crippen LogP contribution in [0.25, 0.3) is 0 Å². The van der Waals surface area contributed by atoms with E-state index in [2.05, 4.69) is 24.1 Å². The van der Waals surface area contributed by atoms with E-state index in [-0.39, 0.29) is 0 Å². The van der Waals surface area contributed by atoms with E-state index in [9.17, 15) is 4.79 Å². The van der Waals surface area contributed by atoms with Gasteiger partial charge in [0.15, 0.2) is 0 Å². The van der Waals surface area contributed by atoms with Gasteiger partial charge in [0.25, 0.3) is 0 Å². The molecule has 2 atom stereocenters. The topological polar surface area (TPSA) is 52.6 Å². The van der Waals surface area contributed by atoms with E-state index in [1.54, 1.807) is 0 Å². The van der Waals surface area contributed by atoms with Crippen molar-refractivity contribution in [3.05, 3.63) is 0 Å². The summed E-state index contributed by atoms with van der Waals surface area (Å²) in [7, 11) is 0. The van der Waals surface area contributed by atoms with Gasteiger partial charge in [-0.25, -0.2) is 0 Å². The van der Waals surface area contributed by atoms with Crippen molar-refractivity contribution in [2.24, 2.45) is 17.8 Å². The summed E-state index contributed by atoms with van der Waals surface area (Å²) in [6.07, 6.45) is 5.27. The number of likely N-dealkylation sites (tertiary alicyclic amines) is 1. The van der Waals surface area contributed by atoms with Crippen molar-refractivity contribution in [3.63, 3.8) is 0 Å². The molecule has 1 aliphatic heterocycles. The fourth-order valence-corrected chi connectivity index (χ4v) is 3.24. The largest absolute Gasteiger partial charge is 0.481 e. The molecule has 1 saturated heterocycles. The van der Waals surface area contributed by atoms with Crippen LogP contribution in [0, 0.1) is 17.8 Å². The molecule has 116 valence electrons. The lowest BCUT2D eigenvalue weighted by Crippen LogP contribution is -2.50. The zero-order chi connectivity index (χ0) is 14.5. The normalized spacial score (nSPS) is 27.9. The zero-order valence-corrected chi connectivity index (χ0v) is 13.0. The van der Waals surface area contributed by atoms with Crippen molar-refractivity contribution in [2.75, 3.05) is 26.2 Å². The lowest BCUT2D eigenvalue weighted by atomic mass is 9.91. The first-order valence-electron chi connectivity index (χ1n) is 8.20. The quantitative estimate of drug-likeness (QED) is 0.716. The first-order chi connectivity index (χ1) is 9.52. The van der Waals surface area contributed by atoms with Crippen LogP contribution in [-0.2, 0) is 4.79 Å². The lowest BCUT2D eigenvalue weighted by molar-refractivity contribution is -0.138. The Bertz CT molecular complexity index is 316. The van der Waals surface area contributed by atoms with Gasteiger partial charge in [-0.15, -0.1) is 0 Å². The molecule has 1 aliphatic carbocycles. The third-order valence-corrected chi connectivity index (χ3v) is 4.44. The van der Waals surface area contributed by atoms with E-state index in [0.29, 0.717) is 18.4 Å². The van der Waals surface area contributed by atoms with Crippen LogP contribution in [0.15, 0.2) is 0 Å². The van der Waals surface area contributed by atoms with Gasteiger partial charge in [0.2, 0.25) is 0 Å². The number of carboxylic acid groups (broad SMARTS) is 1. The third-order valence-electron chi connectivity index (χ3n) is 4.44. The molecule has 0 spiro atoms. The second-order valence-corrected chi connectivity index (χ2v) is 7.20. The molecular formula is C16H30N2O2. The molecule has 2 aliphatic rings. The number of hydrogen-bond donors (Lipinski definition) is 2. The number of nitrogens with one attached hydrogen (secondary N) is 1. The van der Waals surface area contributed by atoms with Crippen molar-refractivity contribution in [1.82, 2.24) is 10.2 Å². The number of piperidine rings is 1. The molecule has 0 aromatic rings. The highest BCUT2D eigenvalue weighted by Crippen LogP contribution is 2.31. The van der Waals surface area contributed by atoms with Crippen molar-refractivity contribution in [2.45, 2.75) is 52.0 Å². The number of nitrogens with zero attached hydrogens (tertiary/aromatic N) is 1. The van der Waals surface area contributed by atoms with Gasteiger partial charge < -0.3 is 15.3 Å². The standard InChI is InChI=1S/C16H30N2O2/c1-12(2)5-6-17-15-7-14(8-16(19)20)10-18(11-15)9-13-3-4-13/h12-15,17H,3-11H2,1-2H3,(H,19,20). The Kier molecular flexibility index (Phi) is 5.85. The van der Waals surface area contributed by atoms with E-state index < -0.39 is 5.97 Å². The van der Waals surface area contributed by atoms with Crippen molar-refractivity contribution in [3.8, 4) is 0 Å². The number of rotatable bonds is 8. The van der Waals surface area contributed by atoms with Gasteiger partial charge in [-0.2, -0.15) is 0 Å². The average molecular weight is 282 g/mol. The van der Waals surface area contributed by atoms with Gasteiger partial charge in [-0.1, -0.05) is 13.8 Å². The van der Waals surface area contributed by atoms with Crippen LogP contribution >= 0.6 is 0 Å². The summed E-state index contributed by atoms with van der Waals surface area (Å²) < 4.78 is 0. The minimum absolute atomic E-state index is 0.316. The molecule has 4 heteroatoms. The average Bonchev–Trinajstić information content (AvgIpc) is 3.11. The van der Waals surface area contributed by atoms with Gasteiger partial charge in [0.05, 0.1) is 0 Å². The van der Waals surface area contributed by atoms with Crippen LogP contribution in [0.1, 0.15) is 46.0 Å². The second-order valence-electron chi connectivity index (χ2n) is 7.20. The second kappa shape index (κ2) is 7.41. The smallest absolute Gasteiger partial charge is 0.303 e. The van der Waals surface area contributed by atoms with Gasteiger partial charge in [-0.3, -0.25) is 4.79 Å². The number of hydrogen-bond acceptors (Lipinski definition) is 3. The number of carboxylic acids is 1. The van der Waals surface area contributed by atoms with Crippen LogP contribution in [0.2, 0.25) is 0 Å². The van der Waals surface area contributed by atoms with Crippen LogP contribution < -0.4 is 5.32 Å². The Morgan fingerprint density at radius 1 is 1.30 bits per heavy atom. The fourth-order valence-electron chi connectivity index (χ4n) is 3.24. The summed E-state index contributed by atoms with van der Waals surface area (Å²) in [5.74, 6) is 1.28. The van der Waals surface area contributed by atoms with Crippen molar-refractivity contribution < 1.29 is 9.90 Å². The Hall–Kier alpha value is -0.610. The molecule has 2 unspecified atom stereocenters. The Morgan fingerprint density at radius 2 is 2.05 bits per heavy atom. The molecular weight excluding hydrogens is 252 g/mol. The van der Waals surface area contributed by atoms with Gasteiger partial charge in [0.1, 0.15) is 0 Å². The fraction of sp³-hybridized carbons (Fsp3) is 0.938. The molecule has 4 nitrogen and oxygen atoms in total. The number of carbonyl (C=O) groups is 1. The molecule has 20 heavy (non-hydrogen) atoms. The monoisotopic (exact) mass is 282 g/mol. The zero-order valence-electron chi connectivity index (χ0n) is 13.0. The first kappa shape index (κ1) is 15.8. The minimum atomic E-state index is -0.649. The van der Waals surface area contributed by atoms with Crippen LogP contribution in [0.5, 0.6) is 0 Å². The molecule has 2 fully saturated rings. The molecule has 2 rings (SSSR count). The highest BCUT2D eigenvalue weighted by atomic mass is 16.4. The summed E-state index contributed by atoms with van der Waals surface area (Å²) in [6.45, 7) is 8.80. The molecule has 0 aromatic heterocycles. The van der Waals surface area contributed by atoms with E-state index >= 15 is 0 Å². The van der Waals surface area contributed by atoms with Gasteiger partial charge in [0, 0.05) is 32.1 Å². The maximum atomic E-state index is 11.0. The molecule has 2 N–H and O–H groups in total. The maximum Gasteiger partial charge on any atom is 0.303 e. The van der Waals surface area contributed by atoms with Gasteiger partial charge in [-0.05, 0) is 50.0 Å². The maximum absolute atomic E-state index is 11.0. The third kappa shape index (κ3) is 5.80. The Labute approximate surface area is 122 Å². The highest BCUT2D eigenvalue weighted by molar-refractivity contribution is 5.67. The molecule has 1 heterocycles. The SMILES string of the molecule is CC(C)CCNC1CC(CC(=O)O)CN(CC2CC2)C1. The van der Waals surface area contributed by atoms with Crippen molar-refractivity contribution in [1.29, 1.82) is 0 Å². The molecule has 1 saturated carbocycles. The van der Waals surface area contributed by atoms with Crippen LogP contribution in [0.4, 0.5) is 0 Å². The molecule has 0 aromatic carbocycles. The van der Waals surface area contributed by atoms with Crippen molar-refractivity contribution >= 4 is 5.97 Å². The lowest BCUT2D eigenvalue weighted by Gasteiger charge is -2.38. The van der Waals surface area contributed by atoms with E-state index in [0.717, 1.165) is 37.9 Å². The Balaban J connectivity index is 1.80. The Morgan fingerprint density at radius 3 is 2.65 bits per heavy atom. The van der Waals surface area contributed by atoms with Gasteiger partial charge >= 0.3 is 5.97 Å². The summed E-state index contributed by atoms with van der Waals surface area (Å²) in [5, 5.41) is 12.7. The number of aliphatic carboxylic acids is 1. The molecule has 0 amide bonds. The summed E-state index contributed by atoms with van der Waals surface area (Å²) >= 11 is 0. The van der Waals surface area contributed by atoms with E-state index in [1.807, 2.05) is 0 Å². The summed E-state index contributed by atoms with van der Waals surface area (Å²) in [6, 6.07) is 0.477. The molecule has 0 bridgehead atoms. The van der Waals surface area contributed by atoms with Crippen LogP contribution in [0.3, 0.4) is 0 Å². The first-order valence-corrected chi connectivity index (χ1v) is 8.20. The minimum Gasteiger partial charge on any atom is -0.481 e. The predicted molar refractivity (Wildman–Crippen MR) is 80.8 cm³/mol. The predicted octanol–water partition coefficient (Wildman–Crippen LogP) is 2.20. The van der Waals surface area contributed by atoms with E-state index in [1.165, 1.54) is 25.8 Å². The van der Waals surface area contributed by atoms with E-state index in [4.69, 9.17) is 5.11 Å². The molecule has 0 radical (unpaired) electrons. The van der Waals surface area contributed by atoms with Crippen LogP contribution in [-0.4, -0.2) is 48.2 Å². The summed E-state index contributed by atoms with van der Waals surface area (Å²) in [4.78, 5) is 13.5.